The average Bonchev–Trinajstić information content (AvgIpc) is 3.80. The van der Waals surface area contributed by atoms with E-state index in [1.807, 2.05) is 97.1 Å². The molecule has 0 saturated carbocycles. The van der Waals surface area contributed by atoms with Crippen molar-refractivity contribution in [2.45, 2.75) is 0 Å². The predicted octanol–water partition coefficient (Wildman–Crippen LogP) is 11.5. The average molecular weight is 647 g/mol. The van der Waals surface area contributed by atoms with Gasteiger partial charge in [0.15, 0.2) is 17.5 Å². The lowest BCUT2D eigenvalue weighted by molar-refractivity contribution is 0.669. The first-order valence-electron chi connectivity index (χ1n) is 19.2. The number of hydrogen-bond acceptors (Lipinski definition) is 4. The maximum absolute atomic E-state index is 8.95. The SMILES string of the molecule is [2H]c1cc([2H])c2c(c1[2H])c1c([2H])c([2H])cc([2H])c1n2-c1cccc2oc3cc(-c4nc(-c5ccccc5)nc(-c5cccc(-c6ccccc6)c5)n4)ccc3c12. The lowest BCUT2D eigenvalue weighted by atomic mass is 10.0. The summed E-state index contributed by atoms with van der Waals surface area (Å²) in [4.78, 5) is 14.9. The molecule has 10 rings (SSSR count). The lowest BCUT2D eigenvalue weighted by Gasteiger charge is -2.10. The number of fused-ring (bicyclic) bond motifs is 6. The number of benzene rings is 7. The summed E-state index contributed by atoms with van der Waals surface area (Å²) >= 11 is 0. The zero-order valence-electron chi connectivity index (χ0n) is 32.4. The van der Waals surface area contributed by atoms with Crippen LogP contribution in [0.3, 0.4) is 0 Å². The van der Waals surface area contributed by atoms with Crippen molar-refractivity contribution in [3.63, 3.8) is 0 Å². The van der Waals surface area contributed by atoms with Gasteiger partial charge in [0.2, 0.25) is 0 Å². The van der Waals surface area contributed by atoms with E-state index in [1.165, 1.54) is 12.1 Å². The molecule has 0 fully saturated rings. The molecule has 3 heterocycles. The topological polar surface area (TPSA) is 56.7 Å². The largest absolute Gasteiger partial charge is 0.456 e. The van der Waals surface area contributed by atoms with Gasteiger partial charge in [0, 0.05) is 32.8 Å². The molecule has 0 amide bonds. The van der Waals surface area contributed by atoms with Gasteiger partial charge in [0.1, 0.15) is 11.2 Å². The third kappa shape index (κ3) is 4.60. The highest BCUT2D eigenvalue weighted by atomic mass is 16.3. The van der Waals surface area contributed by atoms with E-state index in [0.29, 0.717) is 45.3 Å². The molecule has 3 aromatic heterocycles. The fourth-order valence-corrected chi connectivity index (χ4v) is 6.71. The van der Waals surface area contributed by atoms with Gasteiger partial charge >= 0.3 is 0 Å². The second-order valence-corrected chi connectivity index (χ2v) is 12.0. The zero-order valence-corrected chi connectivity index (χ0v) is 26.4. The monoisotopic (exact) mass is 646 g/mol. The first-order valence-corrected chi connectivity index (χ1v) is 16.2. The third-order valence-electron chi connectivity index (χ3n) is 9.00. The maximum Gasteiger partial charge on any atom is 0.164 e. The summed E-state index contributed by atoms with van der Waals surface area (Å²) in [5.74, 6) is 1.52. The van der Waals surface area contributed by atoms with Crippen LogP contribution < -0.4 is 0 Å². The third-order valence-corrected chi connectivity index (χ3v) is 9.00. The smallest absolute Gasteiger partial charge is 0.164 e. The van der Waals surface area contributed by atoms with Crippen molar-refractivity contribution in [3.05, 3.63) is 170 Å². The van der Waals surface area contributed by atoms with E-state index in [4.69, 9.17) is 27.6 Å². The minimum Gasteiger partial charge on any atom is -0.456 e. The van der Waals surface area contributed by atoms with Crippen molar-refractivity contribution in [1.82, 2.24) is 19.5 Å². The highest BCUT2D eigenvalue weighted by Crippen LogP contribution is 2.39. The Hall–Kier alpha value is -6.85. The molecule has 50 heavy (non-hydrogen) atoms. The molecule has 0 aliphatic rings. The molecule has 5 heteroatoms. The van der Waals surface area contributed by atoms with Gasteiger partial charge in [-0.05, 0) is 53.5 Å². The normalized spacial score (nSPS) is 13.3. The predicted molar refractivity (Wildman–Crippen MR) is 203 cm³/mol. The fraction of sp³-hybridized carbons (Fsp3) is 0. The molecule has 0 radical (unpaired) electrons. The molecule has 10 aromatic rings. The molecule has 0 N–H and O–H groups in total. The van der Waals surface area contributed by atoms with Crippen LogP contribution in [0.2, 0.25) is 0 Å². The summed E-state index contributed by atoms with van der Waals surface area (Å²) in [5.41, 5.74) is 6.79. The number of nitrogens with zero attached hydrogens (tertiary/aromatic N) is 4. The molecule has 0 aliphatic heterocycles. The molecule has 0 unspecified atom stereocenters. The Balaban J connectivity index is 1.18. The molecular formula is C45H28N4O. The van der Waals surface area contributed by atoms with Crippen molar-refractivity contribution in [2.24, 2.45) is 0 Å². The van der Waals surface area contributed by atoms with Gasteiger partial charge in [0.25, 0.3) is 0 Å². The summed E-state index contributed by atoms with van der Waals surface area (Å²) in [5, 5.41) is 1.86. The fourth-order valence-electron chi connectivity index (χ4n) is 6.71. The maximum atomic E-state index is 8.95. The van der Waals surface area contributed by atoms with Crippen molar-refractivity contribution in [1.29, 1.82) is 0 Å². The van der Waals surface area contributed by atoms with E-state index in [0.717, 1.165) is 27.6 Å². The second-order valence-electron chi connectivity index (χ2n) is 12.0. The van der Waals surface area contributed by atoms with Crippen LogP contribution in [0.5, 0.6) is 0 Å². The molecule has 0 atom stereocenters. The zero-order chi connectivity index (χ0) is 38.2. The van der Waals surface area contributed by atoms with Crippen LogP contribution in [0.1, 0.15) is 8.22 Å². The van der Waals surface area contributed by atoms with E-state index >= 15 is 0 Å². The Labute approximate surface area is 296 Å². The van der Waals surface area contributed by atoms with E-state index in [2.05, 4.69) is 24.3 Å². The van der Waals surface area contributed by atoms with Gasteiger partial charge in [0.05, 0.1) is 30.3 Å². The van der Waals surface area contributed by atoms with Gasteiger partial charge in [-0.3, -0.25) is 0 Å². The summed E-state index contributed by atoms with van der Waals surface area (Å²) in [6.07, 6.45) is 0. The quantitative estimate of drug-likeness (QED) is 0.187. The number of aromatic nitrogens is 4. The van der Waals surface area contributed by atoms with E-state index < -0.39 is 0 Å². The van der Waals surface area contributed by atoms with Crippen LogP contribution in [0.25, 0.3) is 94.7 Å². The van der Waals surface area contributed by atoms with Crippen molar-refractivity contribution in [3.8, 4) is 51.0 Å². The number of rotatable bonds is 5. The molecule has 234 valence electrons. The van der Waals surface area contributed by atoms with Gasteiger partial charge < -0.3 is 8.98 Å². The van der Waals surface area contributed by atoms with Gasteiger partial charge in [-0.2, -0.15) is 0 Å². The summed E-state index contributed by atoms with van der Waals surface area (Å²) in [6.45, 7) is 0. The van der Waals surface area contributed by atoms with Crippen LogP contribution in [-0.2, 0) is 0 Å². The first kappa shape index (κ1) is 22.7. The van der Waals surface area contributed by atoms with Crippen molar-refractivity contribution >= 4 is 43.7 Å². The molecule has 0 aliphatic carbocycles. The standard InChI is InChI=1S/C45H28N4O/c1-3-13-29(14-4-1)31-17-11-18-32(27-31)44-46-43(30-15-5-2-6-16-30)47-45(48-44)33-25-26-36-41(28-33)50-40-24-12-23-39(42(36)40)49-37-21-9-7-19-34(37)35-20-8-10-22-38(35)49/h1-28H/i7D,8D,19D,20D,21D,22D. The summed E-state index contributed by atoms with van der Waals surface area (Å²) in [7, 11) is 0. The summed E-state index contributed by atoms with van der Waals surface area (Å²) in [6, 6.07) is 41.3. The van der Waals surface area contributed by atoms with Crippen molar-refractivity contribution < 1.29 is 12.6 Å². The highest BCUT2D eigenvalue weighted by molar-refractivity contribution is 6.14. The minimum atomic E-state index is -0.164. The Kier molecular flexibility index (Phi) is 5.17. The highest BCUT2D eigenvalue weighted by Gasteiger charge is 2.19. The molecular weight excluding hydrogens is 613 g/mol. The van der Waals surface area contributed by atoms with Crippen molar-refractivity contribution in [2.75, 3.05) is 0 Å². The van der Waals surface area contributed by atoms with Crippen LogP contribution in [-0.4, -0.2) is 19.5 Å². The molecule has 7 aromatic carbocycles. The minimum absolute atomic E-state index is 0.0243. The Morgan fingerprint density at radius 1 is 0.440 bits per heavy atom. The van der Waals surface area contributed by atoms with Crippen LogP contribution in [0, 0.1) is 0 Å². The van der Waals surface area contributed by atoms with E-state index in [9.17, 15) is 0 Å². The lowest BCUT2D eigenvalue weighted by Crippen LogP contribution is -2.00. The van der Waals surface area contributed by atoms with E-state index in [1.54, 1.807) is 4.57 Å². The van der Waals surface area contributed by atoms with Gasteiger partial charge in [-0.25, -0.2) is 15.0 Å². The second kappa shape index (κ2) is 11.4. The van der Waals surface area contributed by atoms with Gasteiger partial charge in [-0.1, -0.05) is 127 Å². The first-order chi connectivity index (χ1) is 27.2. The molecule has 0 spiro atoms. The van der Waals surface area contributed by atoms with Crippen LogP contribution in [0.4, 0.5) is 0 Å². The Morgan fingerprint density at radius 2 is 1.02 bits per heavy atom. The van der Waals surface area contributed by atoms with Crippen LogP contribution >= 0.6 is 0 Å². The summed E-state index contributed by atoms with van der Waals surface area (Å²) < 4.78 is 60.5. The van der Waals surface area contributed by atoms with E-state index in [-0.39, 0.29) is 58.1 Å². The number of para-hydroxylation sites is 2. The Bertz CT molecular complexity index is 3150. The Morgan fingerprint density at radius 3 is 1.72 bits per heavy atom. The van der Waals surface area contributed by atoms with Gasteiger partial charge in [-0.15, -0.1) is 0 Å². The molecule has 0 bridgehead atoms. The molecule has 0 saturated heterocycles. The number of hydrogen-bond donors (Lipinski definition) is 0. The van der Waals surface area contributed by atoms with Crippen LogP contribution in [0.15, 0.2) is 174 Å². The number of furan rings is 1. The molecule has 5 nitrogen and oxygen atoms in total.